The van der Waals surface area contributed by atoms with Crippen molar-refractivity contribution >= 4 is 16.7 Å². The molecule has 1 heterocycles. The van der Waals surface area contributed by atoms with Crippen LogP contribution in [-0.4, -0.2) is 28.4 Å². The number of rotatable bonds is 3. The molecule has 1 aromatic heterocycles. The highest BCUT2D eigenvalue weighted by atomic mass is 16.2. The second-order valence-electron chi connectivity index (χ2n) is 5.98. The van der Waals surface area contributed by atoms with Crippen LogP contribution in [0, 0.1) is 0 Å². The van der Waals surface area contributed by atoms with Crippen LogP contribution in [0.1, 0.15) is 49.5 Å². The fourth-order valence-electron chi connectivity index (χ4n) is 3.44. The van der Waals surface area contributed by atoms with Crippen LogP contribution < -0.4 is 5.56 Å². The second-order valence-corrected chi connectivity index (χ2v) is 5.98. The minimum Gasteiger partial charge on any atom is -0.335 e. The summed E-state index contributed by atoms with van der Waals surface area (Å²) in [5.41, 5.74) is 0.206. The molecule has 0 aliphatic heterocycles. The van der Waals surface area contributed by atoms with Gasteiger partial charge in [0.2, 0.25) is 0 Å². The fraction of sp³-hybridized carbons (Fsp3) is 0.444. The van der Waals surface area contributed by atoms with Crippen LogP contribution >= 0.6 is 0 Å². The number of aromatic nitrogens is 1. The first-order valence-corrected chi connectivity index (χ1v) is 8.13. The zero-order valence-corrected chi connectivity index (χ0v) is 13.0. The number of H-pyrrole nitrogens is 1. The smallest absolute Gasteiger partial charge is 0.270 e. The number of hydrogen-bond acceptors (Lipinski definition) is 2. The summed E-state index contributed by atoms with van der Waals surface area (Å²) in [6.45, 7) is 2.68. The number of pyridine rings is 1. The van der Waals surface area contributed by atoms with Gasteiger partial charge in [0.25, 0.3) is 11.5 Å². The summed E-state index contributed by atoms with van der Waals surface area (Å²) in [5.74, 6) is -0.0581. The molecule has 4 nitrogen and oxygen atoms in total. The molecule has 0 spiro atoms. The van der Waals surface area contributed by atoms with Crippen LogP contribution in [0.25, 0.3) is 10.8 Å². The van der Waals surface area contributed by atoms with E-state index in [9.17, 15) is 9.59 Å². The summed E-state index contributed by atoms with van der Waals surface area (Å²) >= 11 is 0. The first-order chi connectivity index (χ1) is 10.7. The van der Waals surface area contributed by atoms with Gasteiger partial charge in [-0.25, -0.2) is 0 Å². The quantitative estimate of drug-likeness (QED) is 0.945. The van der Waals surface area contributed by atoms with E-state index < -0.39 is 0 Å². The Labute approximate surface area is 130 Å². The highest BCUT2D eigenvalue weighted by Crippen LogP contribution is 2.24. The summed E-state index contributed by atoms with van der Waals surface area (Å²) in [5, 5.41) is 1.44. The Morgan fingerprint density at radius 2 is 1.95 bits per heavy atom. The Kier molecular flexibility index (Phi) is 4.27. The summed E-state index contributed by atoms with van der Waals surface area (Å²) in [6, 6.07) is 9.47. The van der Waals surface area contributed by atoms with E-state index in [0.29, 0.717) is 23.7 Å². The number of amides is 1. The molecule has 0 saturated heterocycles. The minimum absolute atomic E-state index is 0.0581. The number of nitrogens with one attached hydrogen (secondary N) is 1. The average Bonchev–Trinajstić information content (AvgIpc) is 2.56. The third kappa shape index (κ3) is 2.78. The van der Waals surface area contributed by atoms with Gasteiger partial charge in [0.05, 0.1) is 0 Å². The van der Waals surface area contributed by atoms with Crippen LogP contribution in [0.4, 0.5) is 0 Å². The van der Waals surface area contributed by atoms with Crippen LogP contribution in [0.2, 0.25) is 0 Å². The minimum atomic E-state index is -0.193. The number of nitrogens with zero attached hydrogens (tertiary/aromatic N) is 1. The first kappa shape index (κ1) is 14.8. The SMILES string of the molecule is CCN(C(=O)c1cc2ccccc2c(=O)[nH]1)C1CCCCC1. The van der Waals surface area contributed by atoms with Crippen LogP contribution in [0.15, 0.2) is 35.1 Å². The predicted molar refractivity (Wildman–Crippen MR) is 88.2 cm³/mol. The van der Waals surface area contributed by atoms with Crippen molar-refractivity contribution in [3.8, 4) is 0 Å². The third-order valence-corrected chi connectivity index (χ3v) is 4.60. The van der Waals surface area contributed by atoms with Gasteiger partial charge in [-0.2, -0.15) is 0 Å². The van der Waals surface area contributed by atoms with Crippen molar-refractivity contribution in [3.05, 3.63) is 46.4 Å². The lowest BCUT2D eigenvalue weighted by Crippen LogP contribution is -2.42. The van der Waals surface area contributed by atoms with Crippen molar-refractivity contribution in [3.63, 3.8) is 0 Å². The van der Waals surface area contributed by atoms with Crippen molar-refractivity contribution in [1.29, 1.82) is 0 Å². The molecule has 0 radical (unpaired) electrons. The summed E-state index contributed by atoms with van der Waals surface area (Å²) in [6.07, 6.45) is 5.76. The fourth-order valence-corrected chi connectivity index (χ4v) is 3.44. The second kappa shape index (κ2) is 6.34. The molecule has 22 heavy (non-hydrogen) atoms. The molecule has 1 aliphatic rings. The van der Waals surface area contributed by atoms with Gasteiger partial charge < -0.3 is 9.88 Å². The largest absolute Gasteiger partial charge is 0.335 e. The van der Waals surface area contributed by atoms with E-state index in [1.807, 2.05) is 30.0 Å². The van der Waals surface area contributed by atoms with Crippen molar-refractivity contribution in [2.24, 2.45) is 0 Å². The topological polar surface area (TPSA) is 53.2 Å². The van der Waals surface area contributed by atoms with Crippen molar-refractivity contribution in [1.82, 2.24) is 9.88 Å². The predicted octanol–water partition coefficient (Wildman–Crippen LogP) is 3.32. The Bertz CT molecular complexity index is 729. The molecule has 2 aromatic rings. The number of fused-ring (bicyclic) bond motifs is 1. The molecular weight excluding hydrogens is 276 g/mol. The van der Waals surface area contributed by atoms with Crippen LogP contribution in [0.5, 0.6) is 0 Å². The van der Waals surface area contributed by atoms with Gasteiger partial charge in [-0.1, -0.05) is 37.5 Å². The average molecular weight is 298 g/mol. The van der Waals surface area contributed by atoms with E-state index in [4.69, 9.17) is 0 Å². The molecule has 116 valence electrons. The lowest BCUT2D eigenvalue weighted by atomic mass is 9.94. The number of hydrogen-bond donors (Lipinski definition) is 1. The lowest BCUT2D eigenvalue weighted by Gasteiger charge is -2.33. The van der Waals surface area contributed by atoms with Crippen LogP contribution in [-0.2, 0) is 0 Å². The van der Waals surface area contributed by atoms with Gasteiger partial charge in [0.1, 0.15) is 5.69 Å². The maximum Gasteiger partial charge on any atom is 0.270 e. The normalized spacial score (nSPS) is 15.9. The van der Waals surface area contributed by atoms with Crippen molar-refractivity contribution < 1.29 is 4.79 Å². The van der Waals surface area contributed by atoms with Crippen molar-refractivity contribution in [2.75, 3.05) is 6.54 Å². The molecular formula is C18H22N2O2. The first-order valence-electron chi connectivity index (χ1n) is 8.13. The van der Waals surface area contributed by atoms with Gasteiger partial charge in [-0.05, 0) is 37.3 Å². The molecule has 1 N–H and O–H groups in total. The summed E-state index contributed by atoms with van der Waals surface area (Å²) < 4.78 is 0. The van der Waals surface area contributed by atoms with E-state index >= 15 is 0 Å². The van der Waals surface area contributed by atoms with E-state index in [1.54, 1.807) is 12.1 Å². The van der Waals surface area contributed by atoms with Gasteiger partial charge in [0, 0.05) is 18.0 Å². The Morgan fingerprint density at radius 1 is 1.23 bits per heavy atom. The lowest BCUT2D eigenvalue weighted by molar-refractivity contribution is 0.0642. The molecule has 1 aliphatic carbocycles. The molecule has 3 rings (SSSR count). The number of carbonyl (C=O) groups is 1. The molecule has 0 unspecified atom stereocenters. The monoisotopic (exact) mass is 298 g/mol. The maximum absolute atomic E-state index is 12.8. The molecule has 0 bridgehead atoms. The number of carbonyl (C=O) groups excluding carboxylic acids is 1. The van der Waals surface area contributed by atoms with E-state index in [0.717, 1.165) is 18.2 Å². The van der Waals surface area contributed by atoms with E-state index in [1.165, 1.54) is 19.3 Å². The van der Waals surface area contributed by atoms with Gasteiger partial charge in [0.15, 0.2) is 0 Å². The van der Waals surface area contributed by atoms with Gasteiger partial charge >= 0.3 is 0 Å². The molecule has 1 saturated carbocycles. The molecule has 0 atom stereocenters. The number of benzene rings is 1. The third-order valence-electron chi connectivity index (χ3n) is 4.60. The van der Waals surface area contributed by atoms with Gasteiger partial charge in [-0.3, -0.25) is 9.59 Å². The zero-order chi connectivity index (χ0) is 15.5. The molecule has 1 fully saturated rings. The van der Waals surface area contributed by atoms with Gasteiger partial charge in [-0.15, -0.1) is 0 Å². The molecule has 4 heteroatoms. The summed E-state index contributed by atoms with van der Waals surface area (Å²) in [7, 11) is 0. The Hall–Kier alpha value is -2.10. The zero-order valence-electron chi connectivity index (χ0n) is 13.0. The highest BCUT2D eigenvalue weighted by Gasteiger charge is 2.25. The Morgan fingerprint density at radius 3 is 2.68 bits per heavy atom. The highest BCUT2D eigenvalue weighted by molar-refractivity contribution is 5.96. The van der Waals surface area contributed by atoms with E-state index in [-0.39, 0.29) is 11.5 Å². The Balaban J connectivity index is 1.94. The summed E-state index contributed by atoms with van der Waals surface area (Å²) in [4.78, 5) is 29.7. The molecule has 1 aromatic carbocycles. The standard InChI is InChI=1S/C18H22N2O2/c1-2-20(14-9-4-3-5-10-14)18(22)16-12-13-8-6-7-11-15(13)17(21)19-16/h6-8,11-12,14H,2-5,9-10H2,1H3,(H,19,21). The number of aromatic amines is 1. The molecule has 1 amide bonds. The van der Waals surface area contributed by atoms with Crippen molar-refractivity contribution in [2.45, 2.75) is 45.1 Å². The van der Waals surface area contributed by atoms with Crippen LogP contribution in [0.3, 0.4) is 0 Å². The maximum atomic E-state index is 12.8. The van der Waals surface area contributed by atoms with E-state index in [2.05, 4.69) is 4.98 Å².